The lowest BCUT2D eigenvalue weighted by Gasteiger charge is -2.06. The summed E-state index contributed by atoms with van der Waals surface area (Å²) in [6.45, 7) is 0.263. The van der Waals surface area contributed by atoms with Gasteiger partial charge in [-0.25, -0.2) is 4.79 Å². The first-order chi connectivity index (χ1) is 7.67. The highest BCUT2D eigenvalue weighted by Gasteiger charge is 2.04. The van der Waals surface area contributed by atoms with E-state index >= 15 is 0 Å². The van der Waals surface area contributed by atoms with Gasteiger partial charge in [-0.1, -0.05) is 12.1 Å². The first-order valence-corrected chi connectivity index (χ1v) is 4.74. The number of ether oxygens (including phenoxy) is 2. The zero-order chi connectivity index (χ0) is 12.0. The van der Waals surface area contributed by atoms with Crippen LogP contribution >= 0.6 is 0 Å². The number of carbonyl (C=O) groups is 1. The number of carboxylic acid groups (broad SMARTS) is 1. The van der Waals surface area contributed by atoms with E-state index in [9.17, 15) is 4.79 Å². The van der Waals surface area contributed by atoms with E-state index in [2.05, 4.69) is 0 Å². The standard InChI is InChI=1S/C12H14O4/c1-15-8-10(7-12(13)14)9-3-5-11(16-2)6-4-9/h3-7H,8H2,1-2H3,(H,13,14)/b10-7+. The predicted octanol–water partition coefficient (Wildman–Crippen LogP) is 1.81. The molecule has 1 aromatic rings. The van der Waals surface area contributed by atoms with Crippen LogP contribution in [-0.2, 0) is 9.53 Å². The molecule has 0 radical (unpaired) electrons. The molecule has 1 aromatic carbocycles. The third-order valence-electron chi connectivity index (χ3n) is 2.06. The van der Waals surface area contributed by atoms with Gasteiger partial charge >= 0.3 is 5.97 Å². The molecule has 4 nitrogen and oxygen atoms in total. The van der Waals surface area contributed by atoms with Gasteiger partial charge in [0.1, 0.15) is 5.75 Å². The summed E-state index contributed by atoms with van der Waals surface area (Å²) in [5.41, 5.74) is 1.43. The molecule has 0 aromatic heterocycles. The Bertz CT molecular complexity index is 379. The van der Waals surface area contributed by atoms with Crippen molar-refractivity contribution in [2.45, 2.75) is 0 Å². The highest BCUT2D eigenvalue weighted by molar-refractivity contribution is 5.90. The normalized spacial score (nSPS) is 11.2. The fourth-order valence-electron chi connectivity index (χ4n) is 1.32. The molecule has 4 heteroatoms. The minimum atomic E-state index is -0.983. The average Bonchev–Trinajstić information content (AvgIpc) is 2.28. The van der Waals surface area contributed by atoms with Gasteiger partial charge in [-0.05, 0) is 23.3 Å². The van der Waals surface area contributed by atoms with E-state index in [1.54, 1.807) is 31.4 Å². The Morgan fingerprint density at radius 2 is 1.94 bits per heavy atom. The highest BCUT2D eigenvalue weighted by atomic mass is 16.5. The van der Waals surface area contributed by atoms with Crippen LogP contribution in [-0.4, -0.2) is 31.9 Å². The van der Waals surface area contributed by atoms with E-state index in [1.807, 2.05) is 0 Å². The van der Waals surface area contributed by atoms with E-state index in [-0.39, 0.29) is 6.61 Å². The lowest BCUT2D eigenvalue weighted by Crippen LogP contribution is -1.98. The molecule has 0 unspecified atom stereocenters. The van der Waals surface area contributed by atoms with Crippen molar-refractivity contribution >= 4 is 11.5 Å². The summed E-state index contributed by atoms with van der Waals surface area (Å²) in [6, 6.07) is 7.15. The lowest BCUT2D eigenvalue weighted by molar-refractivity contribution is -0.131. The molecule has 0 aliphatic heterocycles. The first-order valence-electron chi connectivity index (χ1n) is 4.74. The van der Waals surface area contributed by atoms with Crippen molar-refractivity contribution in [2.75, 3.05) is 20.8 Å². The van der Waals surface area contributed by atoms with Gasteiger partial charge in [-0.3, -0.25) is 0 Å². The maximum absolute atomic E-state index is 10.6. The molecule has 0 fully saturated rings. The van der Waals surface area contributed by atoms with E-state index in [4.69, 9.17) is 14.6 Å². The van der Waals surface area contributed by atoms with Gasteiger partial charge in [-0.2, -0.15) is 0 Å². The zero-order valence-electron chi connectivity index (χ0n) is 9.27. The van der Waals surface area contributed by atoms with Crippen molar-refractivity contribution in [1.29, 1.82) is 0 Å². The van der Waals surface area contributed by atoms with Crippen LogP contribution in [0.25, 0.3) is 5.57 Å². The van der Waals surface area contributed by atoms with Gasteiger partial charge in [0, 0.05) is 13.2 Å². The maximum Gasteiger partial charge on any atom is 0.328 e. The number of hydrogen-bond acceptors (Lipinski definition) is 3. The van der Waals surface area contributed by atoms with Crippen molar-refractivity contribution in [1.82, 2.24) is 0 Å². The van der Waals surface area contributed by atoms with E-state index in [0.717, 1.165) is 17.4 Å². The fraction of sp³-hybridized carbons (Fsp3) is 0.250. The monoisotopic (exact) mass is 222 g/mol. The minimum Gasteiger partial charge on any atom is -0.497 e. The highest BCUT2D eigenvalue weighted by Crippen LogP contribution is 2.18. The Morgan fingerprint density at radius 1 is 1.31 bits per heavy atom. The molecule has 0 amide bonds. The summed E-state index contributed by atoms with van der Waals surface area (Å²) < 4.78 is 9.98. The summed E-state index contributed by atoms with van der Waals surface area (Å²) in [5.74, 6) is -0.251. The second-order valence-electron chi connectivity index (χ2n) is 3.17. The Balaban J connectivity index is 2.97. The predicted molar refractivity (Wildman–Crippen MR) is 60.5 cm³/mol. The average molecular weight is 222 g/mol. The molecule has 0 aliphatic carbocycles. The lowest BCUT2D eigenvalue weighted by atomic mass is 10.1. The number of benzene rings is 1. The maximum atomic E-state index is 10.6. The molecule has 0 bridgehead atoms. The number of aliphatic carboxylic acids is 1. The van der Waals surface area contributed by atoms with Gasteiger partial charge < -0.3 is 14.6 Å². The van der Waals surface area contributed by atoms with Crippen LogP contribution in [0.15, 0.2) is 30.3 Å². The Hall–Kier alpha value is -1.81. The third kappa shape index (κ3) is 3.40. The van der Waals surface area contributed by atoms with Gasteiger partial charge in [0.25, 0.3) is 0 Å². The molecule has 0 saturated carbocycles. The Morgan fingerprint density at radius 3 is 2.38 bits per heavy atom. The van der Waals surface area contributed by atoms with E-state index in [0.29, 0.717) is 5.57 Å². The molecule has 0 heterocycles. The molecule has 0 saturated heterocycles. The Kier molecular flexibility index (Phi) is 4.54. The van der Waals surface area contributed by atoms with Gasteiger partial charge in [0.15, 0.2) is 0 Å². The van der Waals surface area contributed by atoms with Gasteiger partial charge in [0.2, 0.25) is 0 Å². The van der Waals surface area contributed by atoms with Crippen LogP contribution in [0.3, 0.4) is 0 Å². The smallest absolute Gasteiger partial charge is 0.328 e. The molecule has 0 aliphatic rings. The van der Waals surface area contributed by atoms with Crippen LogP contribution in [0, 0.1) is 0 Å². The molecular formula is C12H14O4. The van der Waals surface area contributed by atoms with Gasteiger partial charge in [0.05, 0.1) is 13.7 Å². The second kappa shape index (κ2) is 5.92. The largest absolute Gasteiger partial charge is 0.497 e. The van der Waals surface area contributed by atoms with Crippen LogP contribution in [0.2, 0.25) is 0 Å². The van der Waals surface area contributed by atoms with Crippen molar-refractivity contribution < 1.29 is 19.4 Å². The van der Waals surface area contributed by atoms with Crippen LogP contribution in [0.5, 0.6) is 5.75 Å². The summed E-state index contributed by atoms with van der Waals surface area (Å²) >= 11 is 0. The summed E-state index contributed by atoms with van der Waals surface area (Å²) in [5, 5.41) is 8.72. The van der Waals surface area contributed by atoms with E-state index in [1.165, 1.54) is 7.11 Å². The SMILES string of the molecule is COC/C(=C\C(=O)O)c1ccc(OC)cc1. The molecular weight excluding hydrogens is 208 g/mol. The van der Waals surface area contributed by atoms with Crippen molar-refractivity contribution in [2.24, 2.45) is 0 Å². The van der Waals surface area contributed by atoms with Crippen molar-refractivity contribution in [3.05, 3.63) is 35.9 Å². The van der Waals surface area contributed by atoms with Crippen LogP contribution < -0.4 is 4.74 Å². The topological polar surface area (TPSA) is 55.8 Å². The first kappa shape index (κ1) is 12.3. The summed E-state index contributed by atoms with van der Waals surface area (Å²) in [6.07, 6.45) is 1.14. The number of rotatable bonds is 5. The van der Waals surface area contributed by atoms with E-state index < -0.39 is 5.97 Å². The van der Waals surface area contributed by atoms with Crippen molar-refractivity contribution in [3.8, 4) is 5.75 Å². The molecule has 16 heavy (non-hydrogen) atoms. The second-order valence-corrected chi connectivity index (χ2v) is 3.17. The molecule has 86 valence electrons. The number of carboxylic acids is 1. The molecule has 1 rings (SSSR count). The van der Waals surface area contributed by atoms with Crippen LogP contribution in [0.1, 0.15) is 5.56 Å². The molecule has 1 N–H and O–H groups in total. The molecule has 0 atom stereocenters. The molecule has 0 spiro atoms. The van der Waals surface area contributed by atoms with Crippen LogP contribution in [0.4, 0.5) is 0 Å². The number of hydrogen-bond donors (Lipinski definition) is 1. The van der Waals surface area contributed by atoms with Crippen molar-refractivity contribution in [3.63, 3.8) is 0 Å². The summed E-state index contributed by atoms with van der Waals surface area (Å²) in [4.78, 5) is 10.6. The quantitative estimate of drug-likeness (QED) is 0.772. The minimum absolute atomic E-state index is 0.263. The Labute approximate surface area is 94.1 Å². The summed E-state index contributed by atoms with van der Waals surface area (Å²) in [7, 11) is 3.11. The third-order valence-corrected chi connectivity index (χ3v) is 2.06. The number of methoxy groups -OCH3 is 2. The fourth-order valence-corrected chi connectivity index (χ4v) is 1.32. The van der Waals surface area contributed by atoms with Gasteiger partial charge in [-0.15, -0.1) is 0 Å². The zero-order valence-corrected chi connectivity index (χ0v) is 9.27.